The molecule has 11 heteroatoms. The molecule has 1 saturated heterocycles. The van der Waals surface area contributed by atoms with E-state index in [0.717, 1.165) is 0 Å². The van der Waals surface area contributed by atoms with E-state index >= 15 is 0 Å². The molecule has 1 fully saturated rings. The van der Waals surface area contributed by atoms with Crippen molar-refractivity contribution < 1.29 is 37.8 Å². The van der Waals surface area contributed by atoms with Crippen LogP contribution in [0.3, 0.4) is 0 Å². The van der Waals surface area contributed by atoms with Gasteiger partial charge >= 0.3 is 12.1 Å². The lowest BCUT2D eigenvalue weighted by molar-refractivity contribution is -0.142. The minimum Gasteiger partial charge on any atom is -0.508 e. The van der Waals surface area contributed by atoms with Gasteiger partial charge in [-0.2, -0.15) is 0 Å². The molecule has 1 aliphatic rings. The summed E-state index contributed by atoms with van der Waals surface area (Å²) in [5.41, 5.74) is -0.319. The molecule has 3 rings (SSSR count). The summed E-state index contributed by atoms with van der Waals surface area (Å²) in [5, 5.41) is 21.7. The molecule has 3 N–H and O–H groups in total. The van der Waals surface area contributed by atoms with Gasteiger partial charge in [0.15, 0.2) is 14.6 Å². The van der Waals surface area contributed by atoms with E-state index in [0.29, 0.717) is 5.56 Å². The number of aliphatic carboxylic acids is 1. The standard InChI is InChI=1S/C26H32N2O8S/c1-25(2,3)36-24(33)28-15-7-14-26(17-28,37(34,35)20-8-5-4-6-9-20)23(32)27-21(22(30)31)16-18-10-12-19(29)13-11-18/h4-6,8-13,21,29H,7,14-17H2,1-3H3,(H,27,32)(H,30,31)/t21-,26?/m0/s1. The highest BCUT2D eigenvalue weighted by Crippen LogP contribution is 2.35. The molecule has 2 amide bonds. The summed E-state index contributed by atoms with van der Waals surface area (Å²) in [6, 6.07) is 11.8. The highest BCUT2D eigenvalue weighted by atomic mass is 32.2. The molecule has 0 spiro atoms. The maximum absolute atomic E-state index is 13.9. The number of nitrogens with one attached hydrogen (secondary N) is 1. The third-order valence-electron chi connectivity index (χ3n) is 6.07. The number of sulfone groups is 1. The molecular formula is C26H32N2O8S. The number of ether oxygens (including phenoxy) is 1. The molecule has 1 unspecified atom stereocenters. The predicted molar refractivity (Wildman–Crippen MR) is 135 cm³/mol. The van der Waals surface area contributed by atoms with Crippen LogP contribution >= 0.6 is 0 Å². The largest absolute Gasteiger partial charge is 0.508 e. The number of phenols is 1. The van der Waals surface area contributed by atoms with Gasteiger partial charge < -0.3 is 25.2 Å². The van der Waals surface area contributed by atoms with Crippen LogP contribution in [0.5, 0.6) is 5.75 Å². The molecule has 1 aliphatic heterocycles. The maximum Gasteiger partial charge on any atom is 0.410 e. The van der Waals surface area contributed by atoms with E-state index in [9.17, 15) is 33.0 Å². The molecule has 2 atom stereocenters. The third-order valence-corrected chi connectivity index (χ3v) is 8.51. The number of hydrogen-bond acceptors (Lipinski definition) is 7. The molecule has 2 aromatic rings. The van der Waals surface area contributed by atoms with Gasteiger partial charge in [-0.05, 0) is 63.4 Å². The van der Waals surface area contributed by atoms with Crippen molar-refractivity contribution in [2.75, 3.05) is 13.1 Å². The second-order valence-electron chi connectivity index (χ2n) is 10.1. The molecule has 0 aliphatic carbocycles. The lowest BCUT2D eigenvalue weighted by atomic mass is 9.95. The van der Waals surface area contributed by atoms with E-state index in [1.807, 2.05) is 0 Å². The highest BCUT2D eigenvalue weighted by Gasteiger charge is 2.55. The zero-order chi connectivity index (χ0) is 27.4. The SMILES string of the molecule is CC(C)(C)OC(=O)N1CCCC(C(=O)N[C@@H](Cc2ccc(O)cc2)C(=O)O)(S(=O)(=O)c2ccccc2)C1. The monoisotopic (exact) mass is 532 g/mol. The van der Waals surface area contributed by atoms with Crippen molar-refractivity contribution in [1.29, 1.82) is 0 Å². The number of carboxylic acids is 1. The summed E-state index contributed by atoms with van der Waals surface area (Å²) in [4.78, 5) is 39.7. The Hall–Kier alpha value is -3.60. The van der Waals surface area contributed by atoms with Gasteiger partial charge in [0.2, 0.25) is 5.91 Å². The molecule has 0 bridgehead atoms. The number of phenolic OH excluding ortho intramolecular Hbond substituents is 1. The first-order valence-electron chi connectivity index (χ1n) is 11.8. The van der Waals surface area contributed by atoms with Crippen LogP contribution < -0.4 is 5.32 Å². The summed E-state index contributed by atoms with van der Waals surface area (Å²) in [6.07, 6.45) is -0.819. The van der Waals surface area contributed by atoms with Crippen molar-refractivity contribution in [3.05, 3.63) is 60.2 Å². The first-order valence-corrected chi connectivity index (χ1v) is 13.3. The number of piperidine rings is 1. The van der Waals surface area contributed by atoms with Crippen LogP contribution in [0.25, 0.3) is 0 Å². The fourth-order valence-electron chi connectivity index (χ4n) is 4.21. The normalized spacial score (nSPS) is 19.1. The van der Waals surface area contributed by atoms with Crippen LogP contribution in [0, 0.1) is 0 Å². The van der Waals surface area contributed by atoms with E-state index in [2.05, 4.69) is 5.32 Å². The molecule has 37 heavy (non-hydrogen) atoms. The molecule has 200 valence electrons. The molecule has 0 radical (unpaired) electrons. The van der Waals surface area contributed by atoms with Gasteiger partial charge in [-0.3, -0.25) is 4.79 Å². The second kappa shape index (κ2) is 10.8. The van der Waals surface area contributed by atoms with E-state index in [-0.39, 0.29) is 36.5 Å². The quantitative estimate of drug-likeness (QED) is 0.493. The maximum atomic E-state index is 13.9. The van der Waals surface area contributed by atoms with Crippen LogP contribution in [0.2, 0.25) is 0 Å². The Morgan fingerprint density at radius 2 is 1.70 bits per heavy atom. The highest BCUT2D eigenvalue weighted by molar-refractivity contribution is 7.93. The van der Waals surface area contributed by atoms with Gasteiger partial charge in [0, 0.05) is 13.0 Å². The lowest BCUT2D eigenvalue weighted by Crippen LogP contribution is -2.64. The van der Waals surface area contributed by atoms with Crippen LogP contribution in [0.4, 0.5) is 4.79 Å². The van der Waals surface area contributed by atoms with Crippen molar-refractivity contribution >= 4 is 27.8 Å². The summed E-state index contributed by atoms with van der Waals surface area (Å²) < 4.78 is 31.2. The van der Waals surface area contributed by atoms with E-state index in [4.69, 9.17) is 4.74 Å². The molecule has 0 aromatic heterocycles. The average Bonchev–Trinajstić information content (AvgIpc) is 2.84. The van der Waals surface area contributed by atoms with Gasteiger partial charge in [-0.25, -0.2) is 18.0 Å². The molecule has 1 heterocycles. The zero-order valence-corrected chi connectivity index (χ0v) is 21.8. The topological polar surface area (TPSA) is 150 Å². The Morgan fingerprint density at radius 1 is 1.08 bits per heavy atom. The number of carboxylic acid groups (broad SMARTS) is 1. The average molecular weight is 533 g/mol. The third kappa shape index (κ3) is 6.40. The van der Waals surface area contributed by atoms with Crippen LogP contribution in [0.1, 0.15) is 39.2 Å². The number of rotatable bonds is 7. The molecular weight excluding hydrogens is 500 g/mol. The van der Waals surface area contributed by atoms with E-state index < -0.39 is 50.7 Å². The number of likely N-dealkylation sites (tertiary alicyclic amines) is 1. The summed E-state index contributed by atoms with van der Waals surface area (Å²) in [5.74, 6) is -2.36. The van der Waals surface area contributed by atoms with Crippen molar-refractivity contribution in [3.8, 4) is 5.75 Å². The van der Waals surface area contributed by atoms with Gasteiger partial charge in [0.25, 0.3) is 0 Å². The second-order valence-corrected chi connectivity index (χ2v) is 12.3. The smallest absolute Gasteiger partial charge is 0.410 e. The van der Waals surface area contributed by atoms with E-state index in [1.54, 1.807) is 26.8 Å². The summed E-state index contributed by atoms with van der Waals surface area (Å²) in [7, 11) is -4.37. The first kappa shape index (κ1) is 28.0. The van der Waals surface area contributed by atoms with Crippen LogP contribution in [0.15, 0.2) is 59.5 Å². The van der Waals surface area contributed by atoms with Gasteiger partial charge in [0.05, 0.1) is 11.4 Å². The minimum atomic E-state index is -4.37. The first-order chi connectivity index (χ1) is 17.2. The number of amides is 2. The molecule has 2 aromatic carbocycles. The Labute approximate surface area is 216 Å². The molecule has 10 nitrogen and oxygen atoms in total. The van der Waals surface area contributed by atoms with E-state index in [1.165, 1.54) is 53.4 Å². The fraction of sp³-hybridized carbons (Fsp3) is 0.423. The van der Waals surface area contributed by atoms with Crippen molar-refractivity contribution in [3.63, 3.8) is 0 Å². The van der Waals surface area contributed by atoms with Crippen molar-refractivity contribution in [2.45, 2.75) is 61.3 Å². The number of aromatic hydroxyl groups is 1. The number of carbonyl (C=O) groups excluding carboxylic acids is 2. The Balaban J connectivity index is 1.99. The Kier molecular flexibility index (Phi) is 8.16. The van der Waals surface area contributed by atoms with Crippen molar-refractivity contribution in [1.82, 2.24) is 10.2 Å². The predicted octanol–water partition coefficient (Wildman–Crippen LogP) is 2.75. The Morgan fingerprint density at radius 3 is 2.27 bits per heavy atom. The van der Waals surface area contributed by atoms with Gasteiger partial charge in [0.1, 0.15) is 17.4 Å². The summed E-state index contributed by atoms with van der Waals surface area (Å²) >= 11 is 0. The Bertz CT molecular complexity index is 1240. The lowest BCUT2D eigenvalue weighted by Gasteiger charge is -2.41. The van der Waals surface area contributed by atoms with Crippen LogP contribution in [-0.4, -0.2) is 71.0 Å². The van der Waals surface area contributed by atoms with Gasteiger partial charge in [-0.1, -0.05) is 30.3 Å². The number of hydrogen-bond donors (Lipinski definition) is 3. The van der Waals surface area contributed by atoms with Gasteiger partial charge in [-0.15, -0.1) is 0 Å². The van der Waals surface area contributed by atoms with Crippen LogP contribution in [-0.2, 0) is 30.6 Å². The minimum absolute atomic E-state index is 0.00277. The number of carbonyl (C=O) groups is 3. The van der Waals surface area contributed by atoms with Crippen molar-refractivity contribution in [2.24, 2.45) is 0 Å². The number of nitrogens with zero attached hydrogens (tertiary/aromatic N) is 1. The summed E-state index contributed by atoms with van der Waals surface area (Å²) in [6.45, 7) is 4.73. The fourth-order valence-corrected chi connectivity index (χ4v) is 6.22. The zero-order valence-electron chi connectivity index (χ0n) is 21.0. The number of benzene rings is 2. The molecule has 0 saturated carbocycles.